The second-order valence-electron chi connectivity index (χ2n) is 4.89. The monoisotopic (exact) mass is 330 g/mol. The van der Waals surface area contributed by atoms with Gasteiger partial charge in [0.1, 0.15) is 11.5 Å². The van der Waals surface area contributed by atoms with E-state index in [9.17, 15) is 0 Å². The summed E-state index contributed by atoms with van der Waals surface area (Å²) in [7, 11) is 0. The van der Waals surface area contributed by atoms with Gasteiger partial charge in [-0.2, -0.15) is 0 Å². The molecule has 2 aromatic rings. The van der Waals surface area contributed by atoms with Crippen LogP contribution < -0.4 is 15.2 Å². The van der Waals surface area contributed by atoms with Gasteiger partial charge >= 0.3 is 0 Å². The summed E-state index contributed by atoms with van der Waals surface area (Å²) in [6.07, 6.45) is 0. The van der Waals surface area contributed by atoms with Gasteiger partial charge in [0, 0.05) is 5.75 Å². The van der Waals surface area contributed by atoms with Gasteiger partial charge in [-0.3, -0.25) is 0 Å². The molecule has 0 saturated heterocycles. The lowest BCUT2D eigenvalue weighted by Crippen LogP contribution is -2.10. The largest absolute Gasteiger partial charge is 0.494 e. The van der Waals surface area contributed by atoms with Gasteiger partial charge < -0.3 is 15.2 Å². The molecule has 0 radical (unpaired) electrons. The molecule has 0 unspecified atom stereocenters. The Bertz CT molecular complexity index is 624. The maximum atomic E-state index is 5.93. The Labute approximate surface area is 141 Å². The topological polar surface area (TPSA) is 56.8 Å². The number of hydrogen-bond donors (Lipinski definition) is 1. The number of amidine groups is 1. The minimum Gasteiger partial charge on any atom is -0.494 e. The van der Waals surface area contributed by atoms with Gasteiger partial charge in [0.05, 0.1) is 18.9 Å². The Morgan fingerprint density at radius 3 is 2.26 bits per heavy atom. The van der Waals surface area contributed by atoms with E-state index in [4.69, 9.17) is 15.2 Å². The molecule has 0 amide bonds. The molecular weight excluding hydrogens is 308 g/mol. The zero-order valence-electron chi connectivity index (χ0n) is 13.5. The van der Waals surface area contributed by atoms with Crippen molar-refractivity contribution >= 4 is 22.6 Å². The molecule has 0 aromatic heterocycles. The third-order valence-electron chi connectivity index (χ3n) is 3.01. The van der Waals surface area contributed by atoms with E-state index in [-0.39, 0.29) is 0 Å². The lowest BCUT2D eigenvalue weighted by Gasteiger charge is -2.06. The van der Waals surface area contributed by atoms with E-state index >= 15 is 0 Å². The summed E-state index contributed by atoms with van der Waals surface area (Å²) in [5.41, 5.74) is 7.97. The number of hydrogen-bond acceptors (Lipinski definition) is 4. The number of nitrogens with two attached hydrogens (primary N) is 1. The normalized spacial score (nSPS) is 11.3. The summed E-state index contributed by atoms with van der Waals surface area (Å²) < 4.78 is 11.0. The number of rotatable bonds is 7. The van der Waals surface area contributed by atoms with Crippen molar-refractivity contribution in [1.29, 1.82) is 0 Å². The number of aliphatic imine (C=N–C) groups is 1. The molecule has 0 aliphatic carbocycles. The molecule has 4 nitrogen and oxygen atoms in total. The van der Waals surface area contributed by atoms with E-state index in [2.05, 4.69) is 11.9 Å². The summed E-state index contributed by atoms with van der Waals surface area (Å²) in [5.74, 6) is 2.46. The SMILES string of the molecule is CCOc1ccc(N=C(N)SCCOc2ccc(C)cc2)cc1. The van der Waals surface area contributed by atoms with Crippen LogP contribution in [0.15, 0.2) is 53.5 Å². The van der Waals surface area contributed by atoms with E-state index in [1.54, 1.807) is 0 Å². The first-order valence-electron chi connectivity index (χ1n) is 7.56. The zero-order valence-corrected chi connectivity index (χ0v) is 14.3. The van der Waals surface area contributed by atoms with Gasteiger partial charge in [-0.05, 0) is 50.2 Å². The summed E-state index contributed by atoms with van der Waals surface area (Å²) in [5, 5.41) is 0.529. The van der Waals surface area contributed by atoms with Crippen LogP contribution in [0.1, 0.15) is 12.5 Å². The van der Waals surface area contributed by atoms with Crippen LogP contribution >= 0.6 is 11.8 Å². The fraction of sp³-hybridized carbons (Fsp3) is 0.278. The van der Waals surface area contributed by atoms with Gasteiger partial charge in [0.2, 0.25) is 0 Å². The van der Waals surface area contributed by atoms with E-state index in [0.717, 1.165) is 22.9 Å². The van der Waals surface area contributed by atoms with Crippen molar-refractivity contribution in [3.05, 3.63) is 54.1 Å². The number of benzene rings is 2. The van der Waals surface area contributed by atoms with Crippen molar-refractivity contribution in [3.8, 4) is 11.5 Å². The summed E-state index contributed by atoms with van der Waals surface area (Å²) in [4.78, 5) is 4.36. The quantitative estimate of drug-likeness (QED) is 0.471. The van der Waals surface area contributed by atoms with Crippen LogP contribution in [-0.4, -0.2) is 24.1 Å². The van der Waals surface area contributed by atoms with Crippen LogP contribution in [0, 0.1) is 6.92 Å². The summed E-state index contributed by atoms with van der Waals surface area (Å²) in [6, 6.07) is 15.6. The minimum absolute atomic E-state index is 0.529. The molecule has 0 aliphatic rings. The molecule has 0 spiro atoms. The summed E-state index contributed by atoms with van der Waals surface area (Å²) >= 11 is 1.48. The first-order valence-corrected chi connectivity index (χ1v) is 8.55. The Hall–Kier alpha value is -2.14. The van der Waals surface area contributed by atoms with Crippen LogP contribution in [0.5, 0.6) is 11.5 Å². The predicted molar refractivity (Wildman–Crippen MR) is 98.0 cm³/mol. The fourth-order valence-electron chi connectivity index (χ4n) is 1.88. The Morgan fingerprint density at radius 2 is 1.61 bits per heavy atom. The maximum Gasteiger partial charge on any atom is 0.159 e. The van der Waals surface area contributed by atoms with E-state index in [0.29, 0.717) is 18.4 Å². The highest BCUT2D eigenvalue weighted by Crippen LogP contribution is 2.19. The van der Waals surface area contributed by atoms with Gasteiger partial charge in [-0.15, -0.1) is 0 Å². The smallest absolute Gasteiger partial charge is 0.159 e. The second-order valence-corrected chi connectivity index (χ2v) is 6.00. The van der Waals surface area contributed by atoms with E-state index < -0.39 is 0 Å². The van der Waals surface area contributed by atoms with Gasteiger partial charge in [-0.25, -0.2) is 4.99 Å². The minimum atomic E-state index is 0.529. The van der Waals surface area contributed by atoms with Crippen molar-refractivity contribution in [2.45, 2.75) is 13.8 Å². The average molecular weight is 330 g/mol. The third kappa shape index (κ3) is 6.24. The number of thioether (sulfide) groups is 1. The molecule has 2 N–H and O–H groups in total. The first kappa shape index (κ1) is 17.2. The summed E-state index contributed by atoms with van der Waals surface area (Å²) in [6.45, 7) is 5.26. The predicted octanol–water partition coefficient (Wildman–Crippen LogP) is 4.15. The molecule has 0 aliphatic heterocycles. The second kappa shape index (κ2) is 9.10. The highest BCUT2D eigenvalue weighted by molar-refractivity contribution is 8.13. The van der Waals surface area contributed by atoms with Crippen LogP contribution in [-0.2, 0) is 0 Å². The van der Waals surface area contributed by atoms with Crippen molar-refractivity contribution < 1.29 is 9.47 Å². The Kier molecular flexibility index (Phi) is 6.81. The van der Waals surface area contributed by atoms with Crippen molar-refractivity contribution in [1.82, 2.24) is 0 Å². The standard InChI is InChI=1S/C18H22N2O2S/c1-3-21-16-10-6-15(7-11-16)20-18(19)23-13-12-22-17-8-4-14(2)5-9-17/h4-11H,3,12-13H2,1-2H3,(H2,19,20). The van der Waals surface area contributed by atoms with E-state index in [1.807, 2.05) is 55.5 Å². The molecule has 0 saturated carbocycles. The number of nitrogens with zero attached hydrogens (tertiary/aromatic N) is 1. The highest BCUT2D eigenvalue weighted by atomic mass is 32.2. The maximum absolute atomic E-state index is 5.93. The molecule has 0 atom stereocenters. The van der Waals surface area contributed by atoms with Crippen LogP contribution in [0.25, 0.3) is 0 Å². The number of ether oxygens (including phenoxy) is 2. The Balaban J connectivity index is 1.75. The zero-order chi connectivity index (χ0) is 16.5. The molecular formula is C18H22N2O2S. The fourth-order valence-corrected chi connectivity index (χ4v) is 2.43. The molecule has 23 heavy (non-hydrogen) atoms. The van der Waals surface area contributed by atoms with Crippen molar-refractivity contribution in [2.24, 2.45) is 10.7 Å². The first-order chi connectivity index (χ1) is 11.2. The van der Waals surface area contributed by atoms with Crippen molar-refractivity contribution in [3.63, 3.8) is 0 Å². The molecule has 5 heteroatoms. The molecule has 0 fully saturated rings. The third-order valence-corrected chi connectivity index (χ3v) is 3.77. The highest BCUT2D eigenvalue weighted by Gasteiger charge is 1.98. The lowest BCUT2D eigenvalue weighted by atomic mass is 10.2. The molecule has 2 aromatic carbocycles. The van der Waals surface area contributed by atoms with E-state index in [1.165, 1.54) is 17.3 Å². The van der Waals surface area contributed by atoms with Crippen LogP contribution in [0.2, 0.25) is 0 Å². The molecule has 0 heterocycles. The van der Waals surface area contributed by atoms with Gasteiger partial charge in [-0.1, -0.05) is 29.5 Å². The Morgan fingerprint density at radius 1 is 1.00 bits per heavy atom. The molecule has 122 valence electrons. The average Bonchev–Trinajstić information content (AvgIpc) is 2.55. The lowest BCUT2D eigenvalue weighted by molar-refractivity contribution is 0.340. The van der Waals surface area contributed by atoms with Crippen LogP contribution in [0.3, 0.4) is 0 Å². The van der Waals surface area contributed by atoms with Crippen LogP contribution in [0.4, 0.5) is 5.69 Å². The van der Waals surface area contributed by atoms with Gasteiger partial charge in [0.15, 0.2) is 5.17 Å². The molecule has 0 bridgehead atoms. The molecule has 2 rings (SSSR count). The number of aryl methyl sites for hydroxylation is 1. The van der Waals surface area contributed by atoms with Crippen molar-refractivity contribution in [2.75, 3.05) is 19.0 Å². The van der Waals surface area contributed by atoms with Gasteiger partial charge in [0.25, 0.3) is 0 Å².